The van der Waals surface area contributed by atoms with Crippen LogP contribution in [0.4, 0.5) is 5.69 Å². The minimum atomic E-state index is 0.0290. The molecule has 0 saturated heterocycles. The van der Waals surface area contributed by atoms with Crippen LogP contribution in [0, 0.1) is 0 Å². The third-order valence-corrected chi connectivity index (χ3v) is 3.90. The Labute approximate surface area is 126 Å². The number of hydrogen-bond donors (Lipinski definition) is 1. The third-order valence-electron chi connectivity index (χ3n) is 3.05. The second-order valence-electron chi connectivity index (χ2n) is 4.59. The summed E-state index contributed by atoms with van der Waals surface area (Å²) in [5.41, 5.74) is 8.88. The number of pyridine rings is 1. The predicted octanol–water partition coefficient (Wildman–Crippen LogP) is 3.21. The van der Waals surface area contributed by atoms with Gasteiger partial charge in [-0.3, -0.25) is 9.78 Å². The van der Waals surface area contributed by atoms with Gasteiger partial charge in [-0.25, -0.2) is 4.98 Å². The summed E-state index contributed by atoms with van der Waals surface area (Å²) in [6.45, 7) is 0. The van der Waals surface area contributed by atoms with Crippen molar-refractivity contribution in [2.45, 2.75) is 6.42 Å². The number of rotatable bonds is 4. The minimum Gasteiger partial charge on any atom is -0.399 e. The number of aromatic nitrogens is 2. The van der Waals surface area contributed by atoms with Crippen LogP contribution in [0.5, 0.6) is 0 Å². The number of thiazole rings is 1. The summed E-state index contributed by atoms with van der Waals surface area (Å²) in [5.74, 6) is 0.0290. The lowest BCUT2D eigenvalue weighted by molar-refractivity contribution is 0.0992. The van der Waals surface area contributed by atoms with Gasteiger partial charge in [0.05, 0.1) is 12.1 Å². The van der Waals surface area contributed by atoms with E-state index in [4.69, 9.17) is 5.73 Å². The van der Waals surface area contributed by atoms with E-state index in [2.05, 4.69) is 9.97 Å². The fourth-order valence-corrected chi connectivity index (χ4v) is 2.75. The number of nitrogens with zero attached hydrogens (tertiary/aromatic N) is 2. The molecule has 2 aromatic heterocycles. The molecule has 0 bridgehead atoms. The molecule has 0 radical (unpaired) electrons. The summed E-state index contributed by atoms with van der Waals surface area (Å²) in [4.78, 5) is 20.6. The largest absolute Gasteiger partial charge is 0.399 e. The maximum absolute atomic E-state index is 12.1. The SMILES string of the molecule is Nc1ccc(-c2csc(CC(=O)c3cccnc3)n2)cc1. The summed E-state index contributed by atoms with van der Waals surface area (Å²) in [5, 5.41) is 2.76. The number of nitrogen functional groups attached to an aromatic ring is 1. The van der Waals surface area contributed by atoms with Crippen molar-refractivity contribution in [1.82, 2.24) is 9.97 Å². The molecule has 0 aliphatic heterocycles. The van der Waals surface area contributed by atoms with E-state index >= 15 is 0 Å². The Morgan fingerprint density at radius 3 is 2.71 bits per heavy atom. The second kappa shape index (κ2) is 5.85. The molecular formula is C16H13N3OS. The molecule has 0 unspecified atom stereocenters. The van der Waals surface area contributed by atoms with Gasteiger partial charge in [0, 0.05) is 34.6 Å². The fraction of sp³-hybridized carbons (Fsp3) is 0.0625. The molecule has 3 aromatic rings. The number of benzene rings is 1. The van der Waals surface area contributed by atoms with Crippen molar-refractivity contribution in [2.75, 3.05) is 5.73 Å². The van der Waals surface area contributed by atoms with E-state index < -0.39 is 0 Å². The van der Waals surface area contributed by atoms with Crippen molar-refractivity contribution in [3.63, 3.8) is 0 Å². The van der Waals surface area contributed by atoms with Crippen LogP contribution in [0.2, 0.25) is 0 Å². The Morgan fingerprint density at radius 1 is 1.19 bits per heavy atom. The van der Waals surface area contributed by atoms with Crippen molar-refractivity contribution >= 4 is 22.8 Å². The monoisotopic (exact) mass is 295 g/mol. The lowest BCUT2D eigenvalue weighted by Gasteiger charge is -1.98. The van der Waals surface area contributed by atoms with E-state index in [0.717, 1.165) is 22.0 Å². The van der Waals surface area contributed by atoms with Crippen LogP contribution < -0.4 is 5.73 Å². The van der Waals surface area contributed by atoms with Crippen LogP contribution in [0.15, 0.2) is 54.2 Å². The lowest BCUT2D eigenvalue weighted by Crippen LogP contribution is -2.03. The highest BCUT2D eigenvalue weighted by Gasteiger charge is 2.11. The molecule has 2 N–H and O–H groups in total. The van der Waals surface area contributed by atoms with Crippen LogP contribution in [-0.4, -0.2) is 15.8 Å². The van der Waals surface area contributed by atoms with Gasteiger partial charge in [-0.2, -0.15) is 0 Å². The quantitative estimate of drug-likeness (QED) is 0.592. The van der Waals surface area contributed by atoms with Gasteiger partial charge in [-0.1, -0.05) is 12.1 Å². The van der Waals surface area contributed by atoms with Crippen molar-refractivity contribution in [3.8, 4) is 11.3 Å². The summed E-state index contributed by atoms with van der Waals surface area (Å²) in [6, 6.07) is 11.1. The van der Waals surface area contributed by atoms with E-state index in [1.807, 2.05) is 29.6 Å². The van der Waals surface area contributed by atoms with Gasteiger partial charge >= 0.3 is 0 Å². The van der Waals surface area contributed by atoms with Gasteiger partial charge in [0.25, 0.3) is 0 Å². The Morgan fingerprint density at radius 2 is 2.00 bits per heavy atom. The van der Waals surface area contributed by atoms with Gasteiger partial charge in [0.15, 0.2) is 5.78 Å². The highest BCUT2D eigenvalue weighted by molar-refractivity contribution is 7.10. The maximum atomic E-state index is 12.1. The number of hydrogen-bond acceptors (Lipinski definition) is 5. The van der Waals surface area contributed by atoms with Crippen molar-refractivity contribution in [1.29, 1.82) is 0 Å². The Hall–Kier alpha value is -2.53. The molecule has 104 valence electrons. The van der Waals surface area contributed by atoms with Crippen molar-refractivity contribution < 1.29 is 4.79 Å². The van der Waals surface area contributed by atoms with Gasteiger partial charge in [0.2, 0.25) is 0 Å². The highest BCUT2D eigenvalue weighted by Crippen LogP contribution is 2.23. The van der Waals surface area contributed by atoms with Crippen LogP contribution in [-0.2, 0) is 6.42 Å². The molecule has 2 heterocycles. The smallest absolute Gasteiger partial charge is 0.171 e. The van der Waals surface area contributed by atoms with Crippen LogP contribution in [0.1, 0.15) is 15.4 Å². The minimum absolute atomic E-state index is 0.0290. The topological polar surface area (TPSA) is 68.9 Å². The van der Waals surface area contributed by atoms with Crippen LogP contribution >= 0.6 is 11.3 Å². The molecule has 21 heavy (non-hydrogen) atoms. The molecule has 0 saturated carbocycles. The Kier molecular flexibility index (Phi) is 3.75. The fourth-order valence-electron chi connectivity index (χ4n) is 1.95. The number of carbonyl (C=O) groups excluding carboxylic acids is 1. The van der Waals surface area contributed by atoms with Gasteiger partial charge in [-0.05, 0) is 24.3 Å². The molecule has 0 aliphatic carbocycles. The van der Waals surface area contributed by atoms with Gasteiger partial charge in [0.1, 0.15) is 5.01 Å². The molecule has 0 fully saturated rings. The molecule has 4 nitrogen and oxygen atoms in total. The molecule has 0 aliphatic rings. The first-order valence-corrected chi connectivity index (χ1v) is 7.34. The van der Waals surface area contributed by atoms with Crippen molar-refractivity contribution in [3.05, 3.63) is 64.7 Å². The summed E-state index contributed by atoms with van der Waals surface area (Å²) >= 11 is 1.49. The zero-order valence-corrected chi connectivity index (χ0v) is 12.0. The molecule has 0 spiro atoms. The number of ketones is 1. The maximum Gasteiger partial charge on any atom is 0.171 e. The summed E-state index contributed by atoms with van der Waals surface area (Å²) in [6.07, 6.45) is 3.53. The third kappa shape index (κ3) is 3.14. The second-order valence-corrected chi connectivity index (χ2v) is 5.53. The van der Waals surface area contributed by atoms with E-state index in [0.29, 0.717) is 12.0 Å². The first kappa shape index (κ1) is 13.5. The first-order chi connectivity index (χ1) is 10.2. The van der Waals surface area contributed by atoms with E-state index in [1.165, 1.54) is 11.3 Å². The standard InChI is InChI=1S/C16H13N3OS/c17-13-5-3-11(4-6-13)14-10-21-16(19-14)8-15(20)12-2-1-7-18-9-12/h1-7,9-10H,8,17H2. The molecule has 1 aromatic carbocycles. The molecule has 0 amide bonds. The average Bonchev–Trinajstić information content (AvgIpc) is 2.97. The zero-order chi connectivity index (χ0) is 14.7. The zero-order valence-electron chi connectivity index (χ0n) is 11.2. The summed E-state index contributed by atoms with van der Waals surface area (Å²) < 4.78 is 0. The average molecular weight is 295 g/mol. The normalized spacial score (nSPS) is 10.5. The summed E-state index contributed by atoms with van der Waals surface area (Å²) in [7, 11) is 0. The Bertz CT molecular complexity index is 751. The molecule has 0 atom stereocenters. The molecule has 3 rings (SSSR count). The van der Waals surface area contributed by atoms with Gasteiger partial charge in [-0.15, -0.1) is 11.3 Å². The Balaban J connectivity index is 1.76. The highest BCUT2D eigenvalue weighted by atomic mass is 32.1. The van der Waals surface area contributed by atoms with E-state index in [9.17, 15) is 4.79 Å². The lowest BCUT2D eigenvalue weighted by atomic mass is 10.1. The van der Waals surface area contributed by atoms with E-state index in [1.54, 1.807) is 24.5 Å². The molecular weight excluding hydrogens is 282 g/mol. The van der Waals surface area contributed by atoms with Crippen LogP contribution in [0.25, 0.3) is 11.3 Å². The van der Waals surface area contributed by atoms with Gasteiger partial charge < -0.3 is 5.73 Å². The van der Waals surface area contributed by atoms with Crippen molar-refractivity contribution in [2.24, 2.45) is 0 Å². The molecule has 5 heteroatoms. The number of nitrogens with two attached hydrogens (primary N) is 1. The van der Waals surface area contributed by atoms with Crippen LogP contribution in [0.3, 0.4) is 0 Å². The van der Waals surface area contributed by atoms with E-state index in [-0.39, 0.29) is 5.78 Å². The number of carbonyl (C=O) groups is 1. The predicted molar refractivity (Wildman–Crippen MR) is 84.2 cm³/mol. The first-order valence-electron chi connectivity index (χ1n) is 6.46. The number of anilines is 1. The number of Topliss-reactive ketones (excluding diaryl/α,β-unsaturated/α-hetero) is 1.